The number of nitrogens with zero attached hydrogens (tertiary/aromatic N) is 3. The fourth-order valence-electron chi connectivity index (χ4n) is 2.81. The average Bonchev–Trinajstić information content (AvgIpc) is 2.84. The van der Waals surface area contributed by atoms with Crippen molar-refractivity contribution in [2.24, 2.45) is 0 Å². The van der Waals surface area contributed by atoms with E-state index in [-0.39, 0.29) is 5.56 Å². The van der Waals surface area contributed by atoms with Gasteiger partial charge in [0, 0.05) is 21.3 Å². The minimum Gasteiger partial charge on any atom is -0.478 e. The number of halogens is 1. The van der Waals surface area contributed by atoms with Crippen LogP contribution in [-0.2, 0) is 0 Å². The summed E-state index contributed by atoms with van der Waals surface area (Å²) in [4.78, 5) is 15.7. The summed E-state index contributed by atoms with van der Waals surface area (Å²) >= 11 is 4.97. The van der Waals surface area contributed by atoms with Crippen LogP contribution >= 0.6 is 27.7 Å². The molecule has 1 atom stereocenters. The van der Waals surface area contributed by atoms with Gasteiger partial charge < -0.3 is 15.2 Å². The molecule has 3 aromatic rings. The number of aromatic nitrogens is 3. The zero-order valence-electron chi connectivity index (χ0n) is 14.7. The van der Waals surface area contributed by atoms with Crippen LogP contribution in [0.1, 0.15) is 29.1 Å². The van der Waals surface area contributed by atoms with E-state index in [1.165, 1.54) is 11.8 Å². The van der Waals surface area contributed by atoms with Crippen LogP contribution in [0, 0.1) is 0 Å². The molecule has 0 bridgehead atoms. The number of hydrogen-bond donors (Lipinski definition) is 2. The number of carboxylic acids is 1. The lowest BCUT2D eigenvalue weighted by atomic mass is 10.1. The van der Waals surface area contributed by atoms with E-state index in [2.05, 4.69) is 36.4 Å². The first kappa shape index (κ1) is 18.7. The molecule has 1 aliphatic heterocycles. The van der Waals surface area contributed by atoms with Gasteiger partial charge in [0.25, 0.3) is 0 Å². The van der Waals surface area contributed by atoms with Crippen molar-refractivity contribution in [2.45, 2.75) is 18.3 Å². The zero-order valence-corrected chi connectivity index (χ0v) is 17.1. The number of fused-ring (bicyclic) bond motifs is 3. The third-order valence-electron chi connectivity index (χ3n) is 4.12. The summed E-state index contributed by atoms with van der Waals surface area (Å²) < 4.78 is 7.05. The Hall–Kier alpha value is -2.65. The molecule has 1 aromatic heterocycles. The largest absolute Gasteiger partial charge is 0.478 e. The molecule has 0 unspecified atom stereocenters. The van der Waals surface area contributed by atoms with Crippen LogP contribution in [0.15, 0.2) is 52.1 Å². The molecule has 0 saturated heterocycles. The SMILES string of the molecule is CCSc1nnc2c(n1)O[C@@H](c1ccc(C(=O)O)cc1)Nc1ccc(Br)cc1-2. The lowest BCUT2D eigenvalue weighted by Crippen LogP contribution is -2.17. The van der Waals surface area contributed by atoms with Gasteiger partial charge in [0.05, 0.1) is 5.56 Å². The van der Waals surface area contributed by atoms with Gasteiger partial charge in [-0.1, -0.05) is 46.7 Å². The maximum absolute atomic E-state index is 11.1. The van der Waals surface area contributed by atoms with Gasteiger partial charge in [0.1, 0.15) is 0 Å². The molecule has 2 N–H and O–H groups in total. The number of thioether (sulfide) groups is 1. The second kappa shape index (κ2) is 7.76. The molecule has 28 heavy (non-hydrogen) atoms. The predicted octanol–water partition coefficient (Wildman–Crippen LogP) is 4.61. The molecule has 9 heteroatoms. The lowest BCUT2D eigenvalue weighted by Gasteiger charge is -2.19. The second-order valence-corrected chi connectivity index (χ2v) is 8.09. The van der Waals surface area contributed by atoms with E-state index in [1.54, 1.807) is 24.3 Å². The van der Waals surface area contributed by atoms with Gasteiger partial charge in [0.15, 0.2) is 11.9 Å². The normalized spacial score (nSPS) is 14.9. The molecule has 0 spiro atoms. The van der Waals surface area contributed by atoms with Crippen molar-refractivity contribution < 1.29 is 14.6 Å². The first-order valence-corrected chi connectivity index (χ1v) is 10.3. The quantitative estimate of drug-likeness (QED) is 0.546. The van der Waals surface area contributed by atoms with E-state index in [0.717, 1.165) is 27.0 Å². The van der Waals surface area contributed by atoms with Crippen LogP contribution < -0.4 is 10.1 Å². The summed E-state index contributed by atoms with van der Waals surface area (Å²) in [6, 6.07) is 12.3. The van der Waals surface area contributed by atoms with Gasteiger partial charge >= 0.3 is 5.97 Å². The molecule has 2 heterocycles. The molecule has 7 nitrogen and oxygen atoms in total. The minimum absolute atomic E-state index is 0.215. The smallest absolute Gasteiger partial charge is 0.335 e. The van der Waals surface area contributed by atoms with E-state index in [4.69, 9.17) is 9.84 Å². The molecule has 0 fully saturated rings. The molecule has 142 valence electrons. The molecular formula is C19H15BrN4O3S. The number of ether oxygens (including phenoxy) is 1. The van der Waals surface area contributed by atoms with Gasteiger partial charge in [-0.2, -0.15) is 4.98 Å². The number of anilines is 1. The molecule has 1 aliphatic rings. The number of carboxylic acid groups (broad SMARTS) is 1. The summed E-state index contributed by atoms with van der Waals surface area (Å²) in [5, 5.41) is 21.5. The molecule has 0 saturated carbocycles. The zero-order chi connectivity index (χ0) is 19.7. The maximum atomic E-state index is 11.1. The van der Waals surface area contributed by atoms with Crippen molar-refractivity contribution in [3.8, 4) is 17.1 Å². The highest BCUT2D eigenvalue weighted by molar-refractivity contribution is 9.10. The van der Waals surface area contributed by atoms with Gasteiger partial charge in [-0.05, 0) is 36.1 Å². The van der Waals surface area contributed by atoms with Crippen molar-refractivity contribution in [3.63, 3.8) is 0 Å². The Morgan fingerprint density at radius 2 is 2.04 bits per heavy atom. The molecule has 4 rings (SSSR count). The molecule has 0 radical (unpaired) electrons. The van der Waals surface area contributed by atoms with E-state index in [9.17, 15) is 4.79 Å². The third kappa shape index (κ3) is 3.67. The van der Waals surface area contributed by atoms with E-state index >= 15 is 0 Å². The number of carbonyl (C=O) groups is 1. The highest BCUT2D eigenvalue weighted by Gasteiger charge is 2.26. The Morgan fingerprint density at radius 1 is 1.25 bits per heavy atom. The summed E-state index contributed by atoms with van der Waals surface area (Å²) in [5.74, 6) is 0.226. The molecule has 0 aliphatic carbocycles. The number of hydrogen-bond acceptors (Lipinski definition) is 7. The number of nitrogens with one attached hydrogen (secondary N) is 1. The first-order chi connectivity index (χ1) is 13.5. The predicted molar refractivity (Wildman–Crippen MR) is 110 cm³/mol. The van der Waals surface area contributed by atoms with E-state index < -0.39 is 12.2 Å². The van der Waals surface area contributed by atoms with Crippen molar-refractivity contribution in [1.29, 1.82) is 0 Å². The van der Waals surface area contributed by atoms with Gasteiger partial charge in [-0.3, -0.25) is 0 Å². The molecule has 0 amide bonds. The third-order valence-corrected chi connectivity index (χ3v) is 5.34. The maximum Gasteiger partial charge on any atom is 0.335 e. The van der Waals surface area contributed by atoms with Crippen LogP contribution in [0.3, 0.4) is 0 Å². The highest BCUT2D eigenvalue weighted by Crippen LogP contribution is 2.40. The van der Waals surface area contributed by atoms with E-state index in [0.29, 0.717) is 16.7 Å². The highest BCUT2D eigenvalue weighted by atomic mass is 79.9. The Kier molecular flexibility index (Phi) is 5.19. The Bertz CT molecular complexity index is 1050. The summed E-state index contributed by atoms with van der Waals surface area (Å²) in [6.07, 6.45) is -0.555. The molecular weight excluding hydrogens is 444 g/mol. The minimum atomic E-state index is -0.972. The fourth-order valence-corrected chi connectivity index (χ4v) is 3.68. The van der Waals surface area contributed by atoms with E-state index in [1.807, 2.05) is 25.1 Å². The first-order valence-electron chi connectivity index (χ1n) is 8.49. The molecule has 2 aromatic carbocycles. The van der Waals surface area contributed by atoms with Crippen LogP contribution in [0.2, 0.25) is 0 Å². The van der Waals surface area contributed by atoms with Crippen molar-refractivity contribution >= 4 is 39.3 Å². The van der Waals surface area contributed by atoms with Crippen LogP contribution in [0.5, 0.6) is 5.88 Å². The Morgan fingerprint density at radius 3 is 2.75 bits per heavy atom. The van der Waals surface area contributed by atoms with Gasteiger partial charge in [-0.25, -0.2) is 4.79 Å². The average molecular weight is 459 g/mol. The monoisotopic (exact) mass is 458 g/mol. The van der Waals surface area contributed by atoms with Crippen LogP contribution in [0.25, 0.3) is 11.3 Å². The van der Waals surface area contributed by atoms with Gasteiger partial charge in [-0.15, -0.1) is 10.2 Å². The topological polar surface area (TPSA) is 97.2 Å². The van der Waals surface area contributed by atoms with Gasteiger partial charge in [0.2, 0.25) is 11.0 Å². The van der Waals surface area contributed by atoms with Crippen LogP contribution in [0.4, 0.5) is 5.69 Å². The van der Waals surface area contributed by atoms with Crippen molar-refractivity contribution in [1.82, 2.24) is 15.2 Å². The Labute approximate surface area is 173 Å². The summed E-state index contributed by atoms with van der Waals surface area (Å²) in [7, 11) is 0. The Balaban J connectivity index is 1.80. The second-order valence-electron chi connectivity index (χ2n) is 5.94. The van der Waals surface area contributed by atoms with Crippen molar-refractivity contribution in [2.75, 3.05) is 11.1 Å². The fraction of sp³-hybridized carbons (Fsp3) is 0.158. The number of benzene rings is 2. The summed E-state index contributed by atoms with van der Waals surface area (Å²) in [5.41, 5.74) is 3.18. The van der Waals surface area contributed by atoms with Crippen molar-refractivity contribution in [3.05, 3.63) is 58.1 Å². The lowest BCUT2D eigenvalue weighted by molar-refractivity contribution is 0.0696. The standard InChI is InChI=1S/C19H15BrN4O3S/c1-2-28-19-22-17-15(23-24-19)13-9-12(20)7-8-14(13)21-16(27-17)10-3-5-11(6-4-10)18(25)26/h3-9,16,21H,2H2,1H3,(H,25,26)/t16-/m0/s1. The summed E-state index contributed by atoms with van der Waals surface area (Å²) in [6.45, 7) is 2.02. The number of rotatable bonds is 4. The van der Waals surface area contributed by atoms with Crippen LogP contribution in [-0.4, -0.2) is 32.0 Å². The number of aromatic carboxylic acids is 1.